The quantitative estimate of drug-likeness (QED) is 0.542. The normalized spacial score (nSPS) is 14.0. The van der Waals surface area contributed by atoms with Crippen LogP contribution in [-0.2, 0) is 21.0 Å². The lowest BCUT2D eigenvalue weighted by Gasteiger charge is -2.30. The fourth-order valence-electron chi connectivity index (χ4n) is 3.85. The molecule has 0 unspecified atom stereocenters. The summed E-state index contributed by atoms with van der Waals surface area (Å²) in [7, 11) is -2.49. The number of amides is 1. The number of benzene rings is 2. The van der Waals surface area contributed by atoms with E-state index in [0.717, 1.165) is 46.9 Å². The lowest BCUT2D eigenvalue weighted by molar-refractivity contribution is -0.137. The van der Waals surface area contributed by atoms with Crippen molar-refractivity contribution in [1.82, 2.24) is 5.32 Å². The third kappa shape index (κ3) is 6.22. The van der Waals surface area contributed by atoms with Crippen LogP contribution in [0.4, 0.5) is 18.9 Å². The molecular formula is C24H31F3N2O4S. The highest BCUT2D eigenvalue weighted by molar-refractivity contribution is 7.92. The number of hydrogen-bond acceptors (Lipinski definition) is 4. The second-order valence-corrected chi connectivity index (χ2v) is 10.5. The Kier molecular flexibility index (Phi) is 8.29. The zero-order chi connectivity index (χ0) is 26.0. The summed E-state index contributed by atoms with van der Waals surface area (Å²) in [5.41, 5.74) is 1.42. The Morgan fingerprint density at radius 3 is 2.18 bits per heavy atom. The molecule has 0 spiro atoms. The molecule has 0 fully saturated rings. The van der Waals surface area contributed by atoms with E-state index in [1.54, 1.807) is 14.0 Å². The summed E-state index contributed by atoms with van der Waals surface area (Å²) in [6.07, 6.45) is -3.80. The highest BCUT2D eigenvalue weighted by Gasteiger charge is 2.34. The van der Waals surface area contributed by atoms with Gasteiger partial charge < -0.3 is 10.1 Å². The summed E-state index contributed by atoms with van der Waals surface area (Å²) in [5.74, 6) is 0.255. The molecule has 10 heteroatoms. The van der Waals surface area contributed by atoms with E-state index in [1.165, 1.54) is 13.0 Å². The molecule has 0 aliphatic heterocycles. The number of sulfonamides is 1. The van der Waals surface area contributed by atoms with Crippen molar-refractivity contribution in [2.45, 2.75) is 58.8 Å². The summed E-state index contributed by atoms with van der Waals surface area (Å²) in [6.45, 7) is 9.00. The molecule has 188 valence electrons. The molecule has 2 aromatic rings. The Labute approximate surface area is 199 Å². The number of aryl methyl sites for hydroxylation is 1. The molecular weight excluding hydrogens is 469 g/mol. The maximum atomic E-state index is 13.2. The Balaban J connectivity index is 2.38. The first-order valence-corrected chi connectivity index (χ1v) is 12.6. The predicted molar refractivity (Wildman–Crippen MR) is 127 cm³/mol. The minimum atomic E-state index is -4.65. The number of anilines is 1. The van der Waals surface area contributed by atoms with Crippen molar-refractivity contribution in [3.63, 3.8) is 0 Å². The van der Waals surface area contributed by atoms with Crippen molar-refractivity contribution in [3.05, 3.63) is 58.7 Å². The molecule has 1 amide bonds. The number of nitrogens with one attached hydrogen (secondary N) is 1. The van der Waals surface area contributed by atoms with Gasteiger partial charge in [0.2, 0.25) is 15.9 Å². The third-order valence-electron chi connectivity index (χ3n) is 5.58. The molecule has 0 heterocycles. The molecule has 0 radical (unpaired) electrons. The van der Waals surface area contributed by atoms with Gasteiger partial charge in [0, 0.05) is 0 Å². The average Bonchev–Trinajstić information content (AvgIpc) is 2.71. The van der Waals surface area contributed by atoms with Crippen molar-refractivity contribution in [3.8, 4) is 5.75 Å². The van der Waals surface area contributed by atoms with Crippen LogP contribution in [0.15, 0.2) is 36.4 Å². The van der Waals surface area contributed by atoms with Gasteiger partial charge in [0.05, 0.1) is 30.7 Å². The van der Waals surface area contributed by atoms with Gasteiger partial charge in [-0.05, 0) is 73.7 Å². The second-order valence-electron chi connectivity index (χ2n) is 8.62. The van der Waals surface area contributed by atoms with E-state index in [-0.39, 0.29) is 11.6 Å². The molecule has 2 rings (SSSR count). The van der Waals surface area contributed by atoms with Crippen molar-refractivity contribution < 1.29 is 31.1 Å². The largest absolute Gasteiger partial charge is 0.496 e. The molecule has 34 heavy (non-hydrogen) atoms. The lowest BCUT2D eigenvalue weighted by atomic mass is 9.93. The smallest absolute Gasteiger partial charge is 0.416 e. The summed E-state index contributed by atoms with van der Waals surface area (Å²) in [4.78, 5) is 13.1. The number of alkyl halides is 3. The average molecular weight is 501 g/mol. The van der Waals surface area contributed by atoms with Crippen molar-refractivity contribution >= 4 is 21.6 Å². The van der Waals surface area contributed by atoms with Crippen LogP contribution in [0.5, 0.6) is 5.75 Å². The monoisotopic (exact) mass is 500 g/mol. The zero-order valence-corrected chi connectivity index (χ0v) is 21.1. The van der Waals surface area contributed by atoms with Gasteiger partial charge in [-0.1, -0.05) is 19.9 Å². The maximum absolute atomic E-state index is 13.2. The summed E-state index contributed by atoms with van der Waals surface area (Å²) in [5, 5.41) is 2.80. The predicted octanol–water partition coefficient (Wildman–Crippen LogP) is 5.18. The standard InChI is InChI=1S/C24H31F3N2O4S/c1-14(2)20-13-21(15(3)11-22(20)33-6)16(4)28-23(30)17(5)29(34(7,31)32)19-10-8-9-18(12-19)24(25,26)27/h8-14,16-17H,1-7H3,(H,28,30)/t16-,17+/m1/s1. The Morgan fingerprint density at radius 2 is 1.68 bits per heavy atom. The number of carbonyl (C=O) groups excluding carboxylic acids is 1. The fourth-order valence-corrected chi connectivity index (χ4v) is 5.02. The zero-order valence-electron chi connectivity index (χ0n) is 20.3. The fraction of sp³-hybridized carbons (Fsp3) is 0.458. The first-order chi connectivity index (χ1) is 15.6. The van der Waals surface area contributed by atoms with Gasteiger partial charge in [-0.15, -0.1) is 0 Å². The van der Waals surface area contributed by atoms with Crippen LogP contribution in [0.3, 0.4) is 0 Å². The third-order valence-corrected chi connectivity index (χ3v) is 6.82. The number of methoxy groups -OCH3 is 1. The highest BCUT2D eigenvalue weighted by atomic mass is 32.2. The molecule has 2 atom stereocenters. The van der Waals surface area contributed by atoms with Gasteiger partial charge in [0.25, 0.3) is 0 Å². The highest BCUT2D eigenvalue weighted by Crippen LogP contribution is 2.34. The van der Waals surface area contributed by atoms with Crippen molar-refractivity contribution in [2.75, 3.05) is 17.7 Å². The van der Waals surface area contributed by atoms with E-state index in [9.17, 15) is 26.4 Å². The van der Waals surface area contributed by atoms with Gasteiger partial charge in [-0.3, -0.25) is 9.10 Å². The molecule has 0 bridgehead atoms. The second kappa shape index (κ2) is 10.2. The molecule has 6 nitrogen and oxygen atoms in total. The van der Waals surface area contributed by atoms with E-state index < -0.39 is 39.8 Å². The number of hydrogen-bond donors (Lipinski definition) is 1. The van der Waals surface area contributed by atoms with E-state index >= 15 is 0 Å². The number of rotatable bonds is 8. The van der Waals surface area contributed by atoms with E-state index in [0.29, 0.717) is 4.31 Å². The number of halogens is 3. The van der Waals surface area contributed by atoms with E-state index in [4.69, 9.17) is 4.74 Å². The topological polar surface area (TPSA) is 75.7 Å². The van der Waals surface area contributed by atoms with Crippen LogP contribution in [-0.4, -0.2) is 33.7 Å². The minimum absolute atomic E-state index is 0.165. The van der Waals surface area contributed by atoms with Crippen LogP contribution < -0.4 is 14.4 Å². The lowest BCUT2D eigenvalue weighted by Crippen LogP contribution is -2.48. The summed E-state index contributed by atoms with van der Waals surface area (Å²) in [6, 6.07) is 5.94. The van der Waals surface area contributed by atoms with Crippen molar-refractivity contribution in [2.24, 2.45) is 0 Å². The van der Waals surface area contributed by atoms with Crippen molar-refractivity contribution in [1.29, 1.82) is 0 Å². The molecule has 0 aliphatic carbocycles. The minimum Gasteiger partial charge on any atom is -0.496 e. The molecule has 1 N–H and O–H groups in total. The first kappa shape index (κ1) is 27.5. The van der Waals surface area contributed by atoms with Gasteiger partial charge in [0.15, 0.2) is 0 Å². The number of nitrogens with zero attached hydrogens (tertiary/aromatic N) is 1. The molecule has 0 saturated heterocycles. The first-order valence-electron chi connectivity index (χ1n) is 10.7. The van der Waals surface area contributed by atoms with E-state index in [2.05, 4.69) is 5.32 Å². The molecule has 0 saturated carbocycles. The molecule has 0 aliphatic rings. The van der Waals surface area contributed by atoms with Crippen LogP contribution in [0, 0.1) is 6.92 Å². The SMILES string of the molecule is COc1cc(C)c([C@@H](C)NC(=O)[C@H](C)N(c2cccc(C(F)(F)F)c2)S(C)(=O)=O)cc1C(C)C. The molecule has 2 aromatic carbocycles. The van der Waals surface area contributed by atoms with Gasteiger partial charge in [-0.2, -0.15) is 13.2 Å². The summed E-state index contributed by atoms with van der Waals surface area (Å²) < 4.78 is 70.6. The van der Waals surface area contributed by atoms with Crippen LogP contribution in [0.25, 0.3) is 0 Å². The van der Waals surface area contributed by atoms with Crippen LogP contribution >= 0.6 is 0 Å². The van der Waals surface area contributed by atoms with Gasteiger partial charge in [-0.25, -0.2) is 8.42 Å². The Hall–Kier alpha value is -2.75. The number of carbonyl (C=O) groups is 1. The van der Waals surface area contributed by atoms with E-state index in [1.807, 2.05) is 32.9 Å². The van der Waals surface area contributed by atoms with Crippen LogP contribution in [0.1, 0.15) is 61.9 Å². The number of ether oxygens (including phenoxy) is 1. The van der Waals surface area contributed by atoms with Gasteiger partial charge >= 0.3 is 6.18 Å². The van der Waals surface area contributed by atoms with Gasteiger partial charge in [0.1, 0.15) is 11.8 Å². The Morgan fingerprint density at radius 1 is 1.06 bits per heavy atom. The maximum Gasteiger partial charge on any atom is 0.416 e. The van der Waals surface area contributed by atoms with Crippen LogP contribution in [0.2, 0.25) is 0 Å². The summed E-state index contributed by atoms with van der Waals surface area (Å²) >= 11 is 0. The Bertz CT molecular complexity index is 1150. The molecule has 0 aromatic heterocycles.